The summed E-state index contributed by atoms with van der Waals surface area (Å²) in [6, 6.07) is 4.66. The number of halogens is 2. The molecule has 0 spiro atoms. The van der Waals surface area contributed by atoms with Gasteiger partial charge in [-0.2, -0.15) is 0 Å². The van der Waals surface area contributed by atoms with Crippen molar-refractivity contribution < 1.29 is 29.6 Å². The highest BCUT2D eigenvalue weighted by atomic mass is 35.5. The highest BCUT2D eigenvalue weighted by molar-refractivity contribution is 6.42. The van der Waals surface area contributed by atoms with Crippen LogP contribution < -0.4 is 5.32 Å². The second kappa shape index (κ2) is 9.85. The first kappa shape index (κ1) is 21.4. The van der Waals surface area contributed by atoms with Gasteiger partial charge in [-0.25, -0.2) is 0 Å². The number of carbonyl (C=O) groups is 1. The zero-order valence-electron chi connectivity index (χ0n) is 14.3. The molecular formula is C17H23Cl2NO6. The molecule has 0 saturated carbocycles. The first-order valence-corrected chi connectivity index (χ1v) is 9.15. The number of rotatable bonds is 7. The van der Waals surface area contributed by atoms with E-state index in [4.69, 9.17) is 32.7 Å². The normalized spacial score (nSPS) is 27.2. The molecule has 1 fully saturated rings. The molecule has 0 aromatic heterocycles. The fraction of sp³-hybridized carbons (Fsp3) is 0.588. The monoisotopic (exact) mass is 407 g/mol. The Bertz CT molecular complexity index is 617. The van der Waals surface area contributed by atoms with E-state index in [-0.39, 0.29) is 5.02 Å². The molecule has 146 valence electrons. The highest BCUT2D eigenvalue weighted by Crippen LogP contribution is 2.34. The quantitative estimate of drug-likeness (QED) is 0.508. The van der Waals surface area contributed by atoms with E-state index >= 15 is 0 Å². The van der Waals surface area contributed by atoms with Crippen LogP contribution in [0.15, 0.2) is 18.2 Å². The minimum absolute atomic E-state index is 0.269. The van der Waals surface area contributed by atoms with Crippen LogP contribution in [0.5, 0.6) is 0 Å². The number of ether oxygens (including phenoxy) is 2. The Balaban J connectivity index is 2.23. The van der Waals surface area contributed by atoms with Crippen molar-refractivity contribution in [2.45, 2.75) is 50.5 Å². The fourth-order valence-corrected chi connectivity index (χ4v) is 2.89. The third-order valence-corrected chi connectivity index (χ3v) is 4.81. The lowest BCUT2D eigenvalue weighted by atomic mass is 10.00. The molecule has 7 nitrogen and oxygen atoms in total. The average molecular weight is 408 g/mol. The Morgan fingerprint density at radius 2 is 2.04 bits per heavy atom. The van der Waals surface area contributed by atoms with Crippen LogP contribution in [0, 0.1) is 0 Å². The molecule has 0 aliphatic carbocycles. The summed E-state index contributed by atoms with van der Waals surface area (Å²) >= 11 is 11.9. The fourth-order valence-electron chi connectivity index (χ4n) is 2.59. The zero-order valence-corrected chi connectivity index (χ0v) is 15.8. The average Bonchev–Trinajstić information content (AvgIpc) is 2.63. The van der Waals surface area contributed by atoms with Crippen molar-refractivity contribution in [2.24, 2.45) is 0 Å². The maximum absolute atomic E-state index is 12.4. The molecule has 1 aromatic carbocycles. The van der Waals surface area contributed by atoms with Gasteiger partial charge in [-0.05, 0) is 18.6 Å². The first-order valence-electron chi connectivity index (χ1n) is 8.39. The van der Waals surface area contributed by atoms with Crippen LogP contribution in [-0.4, -0.2) is 58.8 Å². The minimum Gasteiger partial charge on any atom is -0.394 e. The number of nitrogens with one attached hydrogen (secondary N) is 1. The van der Waals surface area contributed by atoms with E-state index in [1.165, 1.54) is 6.07 Å². The summed E-state index contributed by atoms with van der Waals surface area (Å²) in [5.41, 5.74) is 0.466. The highest BCUT2D eigenvalue weighted by Gasteiger charge is 2.45. The van der Waals surface area contributed by atoms with E-state index in [2.05, 4.69) is 5.32 Å². The van der Waals surface area contributed by atoms with E-state index in [0.717, 1.165) is 12.8 Å². The molecule has 5 atom stereocenters. The van der Waals surface area contributed by atoms with Crippen molar-refractivity contribution in [2.75, 3.05) is 13.2 Å². The Hall–Kier alpha value is -0.930. The van der Waals surface area contributed by atoms with Crippen molar-refractivity contribution >= 4 is 29.1 Å². The lowest BCUT2D eigenvalue weighted by Gasteiger charge is -2.40. The molecule has 1 aliphatic heterocycles. The molecule has 2 rings (SSSR count). The predicted molar refractivity (Wildman–Crippen MR) is 96.0 cm³/mol. The van der Waals surface area contributed by atoms with Gasteiger partial charge in [0.05, 0.1) is 16.7 Å². The van der Waals surface area contributed by atoms with E-state index in [9.17, 15) is 20.1 Å². The molecule has 26 heavy (non-hydrogen) atoms. The maximum Gasteiger partial charge on any atom is 0.252 e. The lowest BCUT2D eigenvalue weighted by Crippen LogP contribution is -2.58. The van der Waals surface area contributed by atoms with Crippen LogP contribution in [0.4, 0.5) is 0 Å². The van der Waals surface area contributed by atoms with Crippen molar-refractivity contribution in [3.8, 4) is 0 Å². The molecule has 0 bridgehead atoms. The van der Waals surface area contributed by atoms with Gasteiger partial charge in [0.25, 0.3) is 5.91 Å². The van der Waals surface area contributed by atoms with Gasteiger partial charge < -0.3 is 30.1 Å². The SMILES string of the molecule is CCCCNC(=O)[C@H]1OC(c2ccc(Cl)c(Cl)c2)O[C@@H]([C@@H](O)CO)[C@H]1O. The van der Waals surface area contributed by atoms with Gasteiger partial charge in [-0.15, -0.1) is 0 Å². The smallest absolute Gasteiger partial charge is 0.252 e. The molecule has 9 heteroatoms. The van der Waals surface area contributed by atoms with Crippen LogP contribution in [-0.2, 0) is 14.3 Å². The second-order valence-corrected chi connectivity index (χ2v) is 6.86. The molecule has 1 heterocycles. The number of hydrogen-bond donors (Lipinski definition) is 4. The zero-order chi connectivity index (χ0) is 19.3. The van der Waals surface area contributed by atoms with Crippen LogP contribution in [0.25, 0.3) is 0 Å². The molecular weight excluding hydrogens is 385 g/mol. The maximum atomic E-state index is 12.4. The summed E-state index contributed by atoms with van der Waals surface area (Å²) in [6.45, 7) is 1.79. The van der Waals surface area contributed by atoms with Crippen LogP contribution in [0.1, 0.15) is 31.6 Å². The van der Waals surface area contributed by atoms with E-state index in [1.54, 1.807) is 12.1 Å². The Morgan fingerprint density at radius 1 is 1.31 bits per heavy atom. The summed E-state index contributed by atoms with van der Waals surface area (Å²) in [5, 5.41) is 32.9. The van der Waals surface area contributed by atoms with Gasteiger partial charge in [-0.3, -0.25) is 4.79 Å². The Morgan fingerprint density at radius 3 is 2.65 bits per heavy atom. The topological polar surface area (TPSA) is 108 Å². The molecule has 1 saturated heterocycles. The van der Waals surface area contributed by atoms with E-state index in [0.29, 0.717) is 17.1 Å². The molecule has 1 unspecified atom stereocenters. The number of hydrogen-bond acceptors (Lipinski definition) is 6. The molecule has 1 amide bonds. The summed E-state index contributed by atoms with van der Waals surface area (Å²) in [7, 11) is 0. The standard InChI is InChI=1S/C17H23Cl2NO6/c1-2-3-6-20-16(24)15-13(23)14(12(22)8-21)25-17(26-15)9-4-5-10(18)11(19)7-9/h4-5,7,12-15,17,21-23H,2-3,6,8H2,1H3,(H,20,24)/t12-,13+,14-,15-,17?/m0/s1. The third kappa shape index (κ3) is 5.07. The van der Waals surface area contributed by atoms with Crippen LogP contribution in [0.2, 0.25) is 10.0 Å². The molecule has 1 aromatic rings. The van der Waals surface area contributed by atoms with Crippen molar-refractivity contribution in [1.29, 1.82) is 0 Å². The molecule has 4 N–H and O–H groups in total. The number of aliphatic hydroxyl groups excluding tert-OH is 3. The van der Waals surface area contributed by atoms with Crippen molar-refractivity contribution in [3.05, 3.63) is 33.8 Å². The largest absolute Gasteiger partial charge is 0.394 e. The number of amides is 1. The first-order chi connectivity index (χ1) is 12.4. The lowest BCUT2D eigenvalue weighted by molar-refractivity contribution is -0.299. The summed E-state index contributed by atoms with van der Waals surface area (Å²) < 4.78 is 11.2. The molecule has 1 aliphatic rings. The molecule has 0 radical (unpaired) electrons. The Labute approximate surface area is 161 Å². The van der Waals surface area contributed by atoms with Gasteiger partial charge >= 0.3 is 0 Å². The van der Waals surface area contributed by atoms with Gasteiger partial charge in [0.2, 0.25) is 0 Å². The summed E-state index contributed by atoms with van der Waals surface area (Å²) in [4.78, 5) is 12.4. The number of carbonyl (C=O) groups excluding carboxylic acids is 1. The van der Waals surface area contributed by atoms with Gasteiger partial charge in [-0.1, -0.05) is 42.6 Å². The predicted octanol–water partition coefficient (Wildman–Crippen LogP) is 1.41. The Kier molecular flexibility index (Phi) is 8.09. The number of unbranched alkanes of at least 4 members (excludes halogenated alkanes) is 1. The van der Waals surface area contributed by atoms with Crippen LogP contribution in [0.3, 0.4) is 0 Å². The summed E-state index contributed by atoms with van der Waals surface area (Å²) in [5.74, 6) is -0.519. The van der Waals surface area contributed by atoms with Crippen LogP contribution >= 0.6 is 23.2 Å². The minimum atomic E-state index is -1.45. The second-order valence-electron chi connectivity index (χ2n) is 6.05. The summed E-state index contributed by atoms with van der Waals surface area (Å²) in [6.07, 6.45) is -4.70. The number of aliphatic hydroxyl groups is 3. The van der Waals surface area contributed by atoms with Crippen molar-refractivity contribution in [1.82, 2.24) is 5.32 Å². The van der Waals surface area contributed by atoms with Gasteiger partial charge in [0, 0.05) is 12.1 Å². The number of benzene rings is 1. The van der Waals surface area contributed by atoms with Gasteiger partial charge in [0.1, 0.15) is 18.3 Å². The van der Waals surface area contributed by atoms with E-state index < -0.39 is 43.2 Å². The van der Waals surface area contributed by atoms with E-state index in [1.807, 2.05) is 6.92 Å². The third-order valence-electron chi connectivity index (χ3n) is 4.07. The van der Waals surface area contributed by atoms with Crippen molar-refractivity contribution in [3.63, 3.8) is 0 Å². The van der Waals surface area contributed by atoms with Gasteiger partial charge in [0.15, 0.2) is 12.4 Å².